The van der Waals surface area contributed by atoms with E-state index >= 15 is 0 Å². The number of hydrogen-bond acceptors (Lipinski definition) is 5. The van der Waals surface area contributed by atoms with Crippen LogP contribution in [0.25, 0.3) is 0 Å². The summed E-state index contributed by atoms with van der Waals surface area (Å²) in [5.41, 5.74) is 4.80. The zero-order valence-electron chi connectivity index (χ0n) is 9.42. The van der Waals surface area contributed by atoms with Crippen LogP contribution in [0, 0.1) is 0 Å². The van der Waals surface area contributed by atoms with Crippen LogP contribution in [-0.2, 0) is 6.54 Å². The standard InChI is InChI=1S/C12H10ClN5/c13-11-10-12(16-7-15-11)18(17-8-14-10)6-9-4-2-1-3-5-9/h1-5,7-8H,6H2,(H,14,17). The van der Waals surface area contributed by atoms with Gasteiger partial charge in [-0.25, -0.2) is 15.0 Å². The Labute approximate surface area is 109 Å². The van der Waals surface area contributed by atoms with E-state index < -0.39 is 0 Å². The Morgan fingerprint density at radius 1 is 1.17 bits per heavy atom. The Morgan fingerprint density at radius 3 is 2.83 bits per heavy atom. The molecule has 0 unspecified atom stereocenters. The number of aromatic nitrogens is 2. The van der Waals surface area contributed by atoms with Gasteiger partial charge in [0, 0.05) is 0 Å². The zero-order chi connectivity index (χ0) is 12.4. The predicted octanol–water partition coefficient (Wildman–Crippen LogP) is 2.31. The smallest absolute Gasteiger partial charge is 0.178 e. The van der Waals surface area contributed by atoms with Gasteiger partial charge in [0.15, 0.2) is 11.0 Å². The van der Waals surface area contributed by atoms with E-state index in [9.17, 15) is 0 Å². The molecule has 0 aliphatic carbocycles. The second kappa shape index (κ2) is 4.62. The molecular formula is C12H10ClN5. The van der Waals surface area contributed by atoms with Crippen LogP contribution in [0.3, 0.4) is 0 Å². The number of rotatable bonds is 2. The maximum absolute atomic E-state index is 5.99. The van der Waals surface area contributed by atoms with Crippen molar-refractivity contribution >= 4 is 29.4 Å². The molecule has 3 rings (SSSR count). The summed E-state index contributed by atoms with van der Waals surface area (Å²) >= 11 is 5.99. The van der Waals surface area contributed by atoms with Crippen LogP contribution >= 0.6 is 11.6 Å². The molecular weight excluding hydrogens is 250 g/mol. The molecule has 0 saturated heterocycles. The number of anilines is 1. The largest absolute Gasteiger partial charge is 0.286 e. The highest BCUT2D eigenvalue weighted by Crippen LogP contribution is 2.33. The first-order valence-corrected chi connectivity index (χ1v) is 5.83. The van der Waals surface area contributed by atoms with Crippen LogP contribution < -0.4 is 10.4 Å². The lowest BCUT2D eigenvalue weighted by molar-refractivity contribution is 0.746. The fourth-order valence-corrected chi connectivity index (χ4v) is 1.95. The predicted molar refractivity (Wildman–Crippen MR) is 71.0 cm³/mol. The fraction of sp³-hybridized carbons (Fsp3) is 0.0833. The normalized spacial score (nSPS) is 13.1. The van der Waals surface area contributed by atoms with Gasteiger partial charge < -0.3 is 0 Å². The molecule has 18 heavy (non-hydrogen) atoms. The Morgan fingerprint density at radius 2 is 2.00 bits per heavy atom. The molecule has 1 aromatic heterocycles. The summed E-state index contributed by atoms with van der Waals surface area (Å²) in [4.78, 5) is 12.3. The molecule has 0 amide bonds. The van der Waals surface area contributed by atoms with E-state index in [0.29, 0.717) is 23.2 Å². The third-order valence-corrected chi connectivity index (χ3v) is 2.88. The molecule has 0 spiro atoms. The Hall–Kier alpha value is -2.14. The van der Waals surface area contributed by atoms with Gasteiger partial charge in [0.1, 0.15) is 18.4 Å². The highest BCUT2D eigenvalue weighted by atomic mass is 35.5. The third-order valence-electron chi connectivity index (χ3n) is 2.60. The van der Waals surface area contributed by atoms with E-state index in [1.54, 1.807) is 6.34 Å². The summed E-state index contributed by atoms with van der Waals surface area (Å²) in [6.45, 7) is 0.674. The van der Waals surface area contributed by atoms with Crippen molar-refractivity contribution in [3.8, 4) is 0 Å². The lowest BCUT2D eigenvalue weighted by Crippen LogP contribution is -2.39. The molecule has 5 nitrogen and oxygen atoms in total. The molecule has 2 heterocycles. The minimum Gasteiger partial charge on any atom is -0.286 e. The van der Waals surface area contributed by atoms with Gasteiger partial charge in [-0.2, -0.15) is 0 Å². The Bertz CT molecular complexity index is 584. The van der Waals surface area contributed by atoms with Crippen LogP contribution in [0.5, 0.6) is 0 Å². The second-order valence-electron chi connectivity index (χ2n) is 3.80. The minimum absolute atomic E-state index is 0.357. The highest BCUT2D eigenvalue weighted by molar-refractivity contribution is 6.32. The minimum atomic E-state index is 0.357. The van der Waals surface area contributed by atoms with Crippen molar-refractivity contribution in [3.63, 3.8) is 0 Å². The summed E-state index contributed by atoms with van der Waals surface area (Å²) in [7, 11) is 0. The average molecular weight is 260 g/mol. The summed E-state index contributed by atoms with van der Waals surface area (Å²) < 4.78 is 0. The van der Waals surface area contributed by atoms with E-state index in [1.165, 1.54) is 11.9 Å². The van der Waals surface area contributed by atoms with Crippen LogP contribution in [0.1, 0.15) is 5.56 Å². The molecule has 2 aromatic rings. The van der Waals surface area contributed by atoms with Crippen molar-refractivity contribution in [2.45, 2.75) is 6.54 Å². The van der Waals surface area contributed by atoms with Crippen molar-refractivity contribution < 1.29 is 0 Å². The number of fused-ring (bicyclic) bond motifs is 1. The quantitative estimate of drug-likeness (QED) is 0.841. The fourth-order valence-electron chi connectivity index (χ4n) is 1.77. The van der Waals surface area contributed by atoms with Crippen molar-refractivity contribution in [1.29, 1.82) is 0 Å². The number of halogens is 1. The van der Waals surface area contributed by atoms with Crippen LogP contribution in [0.15, 0.2) is 41.7 Å². The van der Waals surface area contributed by atoms with Crippen molar-refractivity contribution in [3.05, 3.63) is 47.4 Å². The molecule has 1 N–H and O–H groups in total. The van der Waals surface area contributed by atoms with E-state index in [1.807, 2.05) is 23.2 Å². The maximum Gasteiger partial charge on any atom is 0.178 e. The first-order valence-electron chi connectivity index (χ1n) is 5.45. The Kier molecular flexibility index (Phi) is 2.82. The SMILES string of the molecule is Clc1ncnc2c1N=CNN2Cc1ccccc1. The summed E-state index contributed by atoms with van der Waals surface area (Å²) in [6, 6.07) is 10.1. The van der Waals surface area contributed by atoms with Crippen LogP contribution in [-0.4, -0.2) is 16.3 Å². The molecule has 1 aromatic carbocycles. The lowest BCUT2D eigenvalue weighted by atomic mass is 10.2. The van der Waals surface area contributed by atoms with Crippen LogP contribution in [0.2, 0.25) is 5.15 Å². The third kappa shape index (κ3) is 2.00. The van der Waals surface area contributed by atoms with Gasteiger partial charge in [-0.3, -0.25) is 10.4 Å². The highest BCUT2D eigenvalue weighted by Gasteiger charge is 2.18. The Balaban J connectivity index is 1.93. The van der Waals surface area contributed by atoms with Gasteiger partial charge >= 0.3 is 0 Å². The molecule has 0 bridgehead atoms. The molecule has 0 radical (unpaired) electrons. The average Bonchev–Trinajstić information content (AvgIpc) is 2.41. The molecule has 1 aliphatic rings. The van der Waals surface area contributed by atoms with Crippen molar-refractivity contribution in [2.75, 3.05) is 5.01 Å². The number of benzene rings is 1. The molecule has 6 heteroatoms. The monoisotopic (exact) mass is 259 g/mol. The second-order valence-corrected chi connectivity index (χ2v) is 4.15. The number of aliphatic imine (C=N–C) groups is 1. The number of hydrogen-bond donors (Lipinski definition) is 1. The topological polar surface area (TPSA) is 53.4 Å². The van der Waals surface area contributed by atoms with Gasteiger partial charge in [-0.15, -0.1) is 0 Å². The summed E-state index contributed by atoms with van der Waals surface area (Å²) in [5.74, 6) is 0.682. The van der Waals surface area contributed by atoms with Crippen LogP contribution in [0.4, 0.5) is 11.5 Å². The molecule has 0 atom stereocenters. The molecule has 0 fully saturated rings. The van der Waals surface area contributed by atoms with E-state index in [0.717, 1.165) is 0 Å². The summed E-state index contributed by atoms with van der Waals surface area (Å²) in [5, 5.41) is 2.24. The number of nitrogens with zero attached hydrogens (tertiary/aromatic N) is 4. The van der Waals surface area contributed by atoms with Crippen molar-refractivity contribution in [2.24, 2.45) is 4.99 Å². The maximum atomic E-state index is 5.99. The van der Waals surface area contributed by atoms with Crippen molar-refractivity contribution in [1.82, 2.24) is 15.4 Å². The first kappa shape index (κ1) is 11.0. The van der Waals surface area contributed by atoms with Gasteiger partial charge in [-0.05, 0) is 5.56 Å². The van der Waals surface area contributed by atoms with Gasteiger partial charge in [0.2, 0.25) is 0 Å². The van der Waals surface area contributed by atoms with E-state index in [2.05, 4.69) is 32.5 Å². The molecule has 1 aliphatic heterocycles. The van der Waals surface area contributed by atoms with Gasteiger partial charge in [0.05, 0.1) is 6.54 Å². The van der Waals surface area contributed by atoms with E-state index in [4.69, 9.17) is 11.6 Å². The summed E-state index contributed by atoms with van der Waals surface area (Å²) in [6.07, 6.45) is 3.02. The lowest BCUT2D eigenvalue weighted by Gasteiger charge is -2.26. The number of nitrogens with one attached hydrogen (secondary N) is 1. The molecule has 90 valence electrons. The van der Waals surface area contributed by atoms with Gasteiger partial charge in [0.25, 0.3) is 0 Å². The molecule has 0 saturated carbocycles. The zero-order valence-corrected chi connectivity index (χ0v) is 10.2. The first-order chi connectivity index (χ1) is 8.84. The van der Waals surface area contributed by atoms with E-state index in [-0.39, 0.29) is 0 Å². The number of hydrazine groups is 1. The van der Waals surface area contributed by atoms with Gasteiger partial charge in [-0.1, -0.05) is 41.9 Å².